The molecule has 0 fully saturated rings. The fourth-order valence-electron chi connectivity index (χ4n) is 1.79. The lowest BCUT2D eigenvalue weighted by atomic mass is 10.0. The molecule has 0 bridgehead atoms. The Bertz CT molecular complexity index is 214. The highest BCUT2D eigenvalue weighted by Crippen LogP contribution is 2.14. The first-order valence-corrected chi connectivity index (χ1v) is 6.90. The normalized spacial score (nSPS) is 13.5. The van der Waals surface area contributed by atoms with E-state index < -0.39 is 5.54 Å². The van der Waals surface area contributed by atoms with E-state index in [4.69, 9.17) is 4.74 Å². The van der Waals surface area contributed by atoms with E-state index in [1.807, 2.05) is 20.8 Å². The molecule has 0 aromatic heterocycles. The van der Waals surface area contributed by atoms with Gasteiger partial charge in [-0.15, -0.1) is 0 Å². The number of hydrogen-bond acceptors (Lipinski definition) is 3. The van der Waals surface area contributed by atoms with Crippen LogP contribution in [0.5, 0.6) is 0 Å². The molecular formula is C14H29NO2. The number of rotatable bonds is 9. The van der Waals surface area contributed by atoms with Crippen LogP contribution in [0.3, 0.4) is 0 Å². The third kappa shape index (κ3) is 6.67. The average Bonchev–Trinajstić information content (AvgIpc) is 2.28. The van der Waals surface area contributed by atoms with Gasteiger partial charge in [0.05, 0.1) is 6.61 Å². The van der Waals surface area contributed by atoms with Crippen LogP contribution in [0.1, 0.15) is 60.3 Å². The SMILES string of the molecule is CCCCC(CC)COC(=O)C(C)(C)NCC. The number of hydrogen-bond donors (Lipinski definition) is 1. The van der Waals surface area contributed by atoms with Gasteiger partial charge in [-0.05, 0) is 32.7 Å². The summed E-state index contributed by atoms with van der Waals surface area (Å²) in [7, 11) is 0. The van der Waals surface area contributed by atoms with E-state index in [-0.39, 0.29) is 5.97 Å². The van der Waals surface area contributed by atoms with E-state index in [0.717, 1.165) is 19.4 Å². The summed E-state index contributed by atoms with van der Waals surface area (Å²) < 4.78 is 5.41. The van der Waals surface area contributed by atoms with E-state index in [1.54, 1.807) is 0 Å². The number of esters is 1. The van der Waals surface area contributed by atoms with Gasteiger partial charge in [-0.2, -0.15) is 0 Å². The summed E-state index contributed by atoms with van der Waals surface area (Å²) in [6.07, 6.45) is 4.65. The number of unbranched alkanes of at least 4 members (excludes halogenated alkanes) is 1. The van der Waals surface area contributed by atoms with Crippen molar-refractivity contribution in [2.75, 3.05) is 13.2 Å². The third-order valence-corrected chi connectivity index (χ3v) is 3.12. The van der Waals surface area contributed by atoms with Crippen molar-refractivity contribution in [1.29, 1.82) is 0 Å². The lowest BCUT2D eigenvalue weighted by Gasteiger charge is -2.24. The molecule has 0 spiro atoms. The van der Waals surface area contributed by atoms with Gasteiger partial charge in [0.15, 0.2) is 0 Å². The highest BCUT2D eigenvalue weighted by molar-refractivity contribution is 5.79. The minimum absolute atomic E-state index is 0.144. The van der Waals surface area contributed by atoms with E-state index >= 15 is 0 Å². The molecule has 0 amide bonds. The second kappa shape index (κ2) is 8.51. The molecule has 0 saturated heterocycles. The van der Waals surface area contributed by atoms with Crippen molar-refractivity contribution in [2.24, 2.45) is 5.92 Å². The maximum absolute atomic E-state index is 11.9. The van der Waals surface area contributed by atoms with Gasteiger partial charge in [0.25, 0.3) is 0 Å². The average molecular weight is 243 g/mol. The molecule has 0 aliphatic rings. The third-order valence-electron chi connectivity index (χ3n) is 3.12. The molecule has 0 aliphatic heterocycles. The first-order chi connectivity index (χ1) is 7.97. The summed E-state index contributed by atoms with van der Waals surface area (Å²) in [6.45, 7) is 11.4. The lowest BCUT2D eigenvalue weighted by Crippen LogP contribution is -2.48. The predicted octanol–water partition coefficient (Wildman–Crippen LogP) is 3.13. The molecule has 102 valence electrons. The lowest BCUT2D eigenvalue weighted by molar-refractivity contribution is -0.151. The van der Waals surface area contributed by atoms with Crippen molar-refractivity contribution in [1.82, 2.24) is 5.32 Å². The molecule has 0 saturated carbocycles. The van der Waals surface area contributed by atoms with Crippen molar-refractivity contribution in [3.8, 4) is 0 Å². The summed E-state index contributed by atoms with van der Waals surface area (Å²) in [5.41, 5.74) is -0.572. The second-order valence-electron chi connectivity index (χ2n) is 5.17. The number of ether oxygens (including phenoxy) is 1. The summed E-state index contributed by atoms with van der Waals surface area (Å²) in [5.74, 6) is 0.366. The van der Waals surface area contributed by atoms with Gasteiger partial charge >= 0.3 is 5.97 Å². The van der Waals surface area contributed by atoms with Crippen LogP contribution >= 0.6 is 0 Å². The van der Waals surface area contributed by atoms with Crippen LogP contribution < -0.4 is 5.32 Å². The van der Waals surface area contributed by atoms with Crippen LogP contribution in [-0.4, -0.2) is 24.7 Å². The van der Waals surface area contributed by atoms with Crippen LogP contribution in [0.25, 0.3) is 0 Å². The minimum Gasteiger partial charge on any atom is -0.464 e. The molecule has 1 unspecified atom stereocenters. The van der Waals surface area contributed by atoms with Gasteiger partial charge in [-0.25, -0.2) is 0 Å². The Kier molecular flexibility index (Phi) is 8.23. The van der Waals surface area contributed by atoms with Gasteiger partial charge in [-0.1, -0.05) is 40.0 Å². The summed E-state index contributed by atoms with van der Waals surface area (Å²) in [4.78, 5) is 11.9. The molecule has 1 N–H and O–H groups in total. The zero-order valence-corrected chi connectivity index (χ0v) is 12.1. The maximum atomic E-state index is 11.9. The fraction of sp³-hybridized carbons (Fsp3) is 0.929. The summed E-state index contributed by atoms with van der Waals surface area (Å²) in [6, 6.07) is 0. The largest absolute Gasteiger partial charge is 0.464 e. The Morgan fingerprint density at radius 2 is 1.94 bits per heavy atom. The summed E-state index contributed by atoms with van der Waals surface area (Å²) >= 11 is 0. The Hall–Kier alpha value is -0.570. The first kappa shape index (κ1) is 16.4. The zero-order valence-electron chi connectivity index (χ0n) is 12.1. The van der Waals surface area contributed by atoms with Crippen molar-refractivity contribution in [3.63, 3.8) is 0 Å². The molecule has 0 heterocycles. The molecule has 17 heavy (non-hydrogen) atoms. The smallest absolute Gasteiger partial charge is 0.325 e. The molecule has 0 aromatic rings. The van der Waals surface area contributed by atoms with E-state index in [1.165, 1.54) is 12.8 Å². The molecule has 0 rings (SSSR count). The minimum atomic E-state index is -0.572. The van der Waals surface area contributed by atoms with Crippen LogP contribution in [0.2, 0.25) is 0 Å². The molecule has 0 radical (unpaired) electrons. The van der Waals surface area contributed by atoms with Crippen molar-refractivity contribution >= 4 is 5.97 Å². The van der Waals surface area contributed by atoms with Crippen molar-refractivity contribution in [2.45, 2.75) is 65.8 Å². The first-order valence-electron chi connectivity index (χ1n) is 6.90. The molecule has 3 heteroatoms. The molecule has 3 nitrogen and oxygen atoms in total. The molecule has 0 aliphatic carbocycles. The van der Waals surface area contributed by atoms with Crippen LogP contribution in [0, 0.1) is 5.92 Å². The van der Waals surface area contributed by atoms with E-state index in [9.17, 15) is 4.79 Å². The highest BCUT2D eigenvalue weighted by Gasteiger charge is 2.28. The monoisotopic (exact) mass is 243 g/mol. The number of carbonyl (C=O) groups is 1. The van der Waals surface area contributed by atoms with Gasteiger partial charge < -0.3 is 10.1 Å². The Labute approximate surface area is 106 Å². The Morgan fingerprint density at radius 1 is 1.29 bits per heavy atom. The van der Waals surface area contributed by atoms with Gasteiger partial charge in [0.2, 0.25) is 0 Å². The van der Waals surface area contributed by atoms with Crippen molar-refractivity contribution < 1.29 is 9.53 Å². The molecule has 1 atom stereocenters. The van der Waals surface area contributed by atoms with E-state index in [2.05, 4.69) is 19.2 Å². The Morgan fingerprint density at radius 3 is 2.41 bits per heavy atom. The Balaban J connectivity index is 4.03. The van der Waals surface area contributed by atoms with Crippen LogP contribution in [-0.2, 0) is 9.53 Å². The van der Waals surface area contributed by atoms with Gasteiger partial charge in [-0.3, -0.25) is 4.79 Å². The van der Waals surface area contributed by atoms with E-state index in [0.29, 0.717) is 12.5 Å². The number of likely N-dealkylation sites (N-methyl/N-ethyl adjacent to an activating group) is 1. The van der Waals surface area contributed by atoms with Gasteiger partial charge in [0.1, 0.15) is 5.54 Å². The van der Waals surface area contributed by atoms with Crippen LogP contribution in [0.4, 0.5) is 0 Å². The highest BCUT2D eigenvalue weighted by atomic mass is 16.5. The van der Waals surface area contributed by atoms with Crippen LogP contribution in [0.15, 0.2) is 0 Å². The number of nitrogens with one attached hydrogen (secondary N) is 1. The molecular weight excluding hydrogens is 214 g/mol. The topological polar surface area (TPSA) is 38.3 Å². The quantitative estimate of drug-likeness (QED) is 0.632. The van der Waals surface area contributed by atoms with Crippen molar-refractivity contribution in [3.05, 3.63) is 0 Å². The predicted molar refractivity (Wildman–Crippen MR) is 72.0 cm³/mol. The summed E-state index contributed by atoms with van der Waals surface area (Å²) in [5, 5.41) is 3.13. The zero-order chi connectivity index (χ0) is 13.3. The maximum Gasteiger partial charge on any atom is 0.325 e. The second-order valence-corrected chi connectivity index (χ2v) is 5.17. The number of carbonyl (C=O) groups excluding carboxylic acids is 1. The molecule has 0 aromatic carbocycles. The van der Waals surface area contributed by atoms with Gasteiger partial charge in [0, 0.05) is 0 Å². The standard InChI is InChI=1S/C14H29NO2/c1-6-9-10-12(7-2)11-17-13(16)14(4,5)15-8-3/h12,15H,6-11H2,1-5H3. The fourth-order valence-corrected chi connectivity index (χ4v) is 1.79.